The third kappa shape index (κ3) is 4.42. The van der Waals surface area contributed by atoms with Crippen LogP contribution in [-0.4, -0.2) is 19.6 Å². The fraction of sp³-hybridized carbons (Fsp3) is 0.261. The molecule has 0 heterocycles. The van der Waals surface area contributed by atoms with Crippen molar-refractivity contribution in [2.45, 2.75) is 25.7 Å². The first-order valence-corrected chi connectivity index (χ1v) is 9.07. The lowest BCUT2D eigenvalue weighted by molar-refractivity contribution is -0.122. The van der Waals surface area contributed by atoms with Crippen LogP contribution < -0.4 is 10.1 Å². The number of benzene rings is 3. The Morgan fingerprint density at radius 2 is 1.73 bits per heavy atom. The SMILES string of the molecule is COc1ccc2cc(C(C)C(=O)NCCCc3ccccc3)ccc2c1. The molecule has 0 saturated heterocycles. The van der Waals surface area contributed by atoms with Gasteiger partial charge in [0.25, 0.3) is 0 Å². The van der Waals surface area contributed by atoms with E-state index in [1.54, 1.807) is 7.11 Å². The molecule has 0 aliphatic heterocycles. The second-order valence-corrected chi connectivity index (χ2v) is 6.57. The number of carbonyl (C=O) groups is 1. The number of rotatable bonds is 7. The van der Waals surface area contributed by atoms with E-state index in [0.29, 0.717) is 6.54 Å². The van der Waals surface area contributed by atoms with Crippen molar-refractivity contribution in [1.29, 1.82) is 0 Å². The highest BCUT2D eigenvalue weighted by atomic mass is 16.5. The molecule has 26 heavy (non-hydrogen) atoms. The fourth-order valence-electron chi connectivity index (χ4n) is 3.09. The zero-order valence-electron chi connectivity index (χ0n) is 15.4. The molecule has 0 fully saturated rings. The van der Waals surface area contributed by atoms with E-state index in [2.05, 4.69) is 23.5 Å². The molecule has 1 N–H and O–H groups in total. The summed E-state index contributed by atoms with van der Waals surface area (Å²) in [5.41, 5.74) is 2.34. The van der Waals surface area contributed by atoms with Crippen LogP contribution in [0.1, 0.15) is 30.4 Å². The predicted octanol–water partition coefficient (Wildman–Crippen LogP) is 4.70. The Morgan fingerprint density at radius 1 is 1.00 bits per heavy atom. The summed E-state index contributed by atoms with van der Waals surface area (Å²) in [6.45, 7) is 2.65. The zero-order chi connectivity index (χ0) is 18.4. The molecule has 1 unspecified atom stereocenters. The van der Waals surface area contributed by atoms with Gasteiger partial charge in [-0.25, -0.2) is 0 Å². The number of ether oxygens (including phenoxy) is 1. The lowest BCUT2D eigenvalue weighted by Crippen LogP contribution is -2.29. The van der Waals surface area contributed by atoms with E-state index >= 15 is 0 Å². The summed E-state index contributed by atoms with van der Waals surface area (Å²) in [6.07, 6.45) is 1.92. The monoisotopic (exact) mass is 347 g/mol. The highest BCUT2D eigenvalue weighted by Crippen LogP contribution is 2.25. The van der Waals surface area contributed by atoms with E-state index < -0.39 is 0 Å². The second-order valence-electron chi connectivity index (χ2n) is 6.57. The molecule has 0 aliphatic rings. The van der Waals surface area contributed by atoms with Crippen molar-refractivity contribution in [3.63, 3.8) is 0 Å². The Morgan fingerprint density at radius 3 is 2.50 bits per heavy atom. The maximum Gasteiger partial charge on any atom is 0.227 e. The highest BCUT2D eigenvalue weighted by Gasteiger charge is 2.15. The molecule has 3 heteroatoms. The summed E-state index contributed by atoms with van der Waals surface area (Å²) in [4.78, 5) is 12.5. The number of methoxy groups -OCH3 is 1. The highest BCUT2D eigenvalue weighted by molar-refractivity contribution is 5.88. The third-order valence-corrected chi connectivity index (χ3v) is 4.75. The largest absolute Gasteiger partial charge is 0.497 e. The maximum absolute atomic E-state index is 12.5. The Hall–Kier alpha value is -2.81. The van der Waals surface area contributed by atoms with Crippen molar-refractivity contribution in [2.75, 3.05) is 13.7 Å². The first-order valence-electron chi connectivity index (χ1n) is 9.07. The van der Waals surface area contributed by atoms with E-state index in [-0.39, 0.29) is 11.8 Å². The van der Waals surface area contributed by atoms with Gasteiger partial charge in [-0.3, -0.25) is 4.79 Å². The van der Waals surface area contributed by atoms with Crippen LogP contribution in [0.25, 0.3) is 10.8 Å². The molecule has 1 atom stereocenters. The standard InChI is InChI=1S/C23H25NO2/c1-17(23(25)24-14-6-9-18-7-4-3-5-8-18)19-10-11-21-16-22(26-2)13-12-20(21)15-19/h3-5,7-8,10-13,15-17H,6,9,14H2,1-2H3,(H,24,25). The molecular weight excluding hydrogens is 322 g/mol. The minimum atomic E-state index is -0.168. The van der Waals surface area contributed by atoms with Crippen molar-refractivity contribution in [3.8, 4) is 5.75 Å². The number of hydrogen-bond acceptors (Lipinski definition) is 2. The van der Waals surface area contributed by atoms with Gasteiger partial charge in [0.1, 0.15) is 5.75 Å². The Kier molecular flexibility index (Phi) is 5.90. The van der Waals surface area contributed by atoms with Gasteiger partial charge in [0, 0.05) is 6.54 Å². The first kappa shape index (κ1) is 18.0. The van der Waals surface area contributed by atoms with Crippen LogP contribution in [-0.2, 0) is 11.2 Å². The van der Waals surface area contributed by atoms with Crippen molar-refractivity contribution in [1.82, 2.24) is 5.32 Å². The molecule has 0 bridgehead atoms. The molecule has 3 aromatic rings. The summed E-state index contributed by atoms with van der Waals surface area (Å²) in [7, 11) is 1.67. The van der Waals surface area contributed by atoms with Crippen molar-refractivity contribution in [2.24, 2.45) is 0 Å². The Bertz CT molecular complexity index is 874. The van der Waals surface area contributed by atoms with Gasteiger partial charge in [-0.1, -0.05) is 54.6 Å². The normalized spacial score (nSPS) is 11.9. The number of carbonyl (C=O) groups excluding carboxylic acids is 1. The molecule has 134 valence electrons. The lowest BCUT2D eigenvalue weighted by Gasteiger charge is -2.14. The second kappa shape index (κ2) is 8.52. The van der Waals surface area contributed by atoms with E-state index in [1.165, 1.54) is 5.56 Å². The summed E-state index contributed by atoms with van der Waals surface area (Å²) in [5.74, 6) is 0.749. The minimum Gasteiger partial charge on any atom is -0.497 e. The summed E-state index contributed by atoms with van der Waals surface area (Å²) in [5, 5.41) is 5.29. The van der Waals surface area contributed by atoms with Crippen molar-refractivity contribution < 1.29 is 9.53 Å². The summed E-state index contributed by atoms with van der Waals surface area (Å²) < 4.78 is 5.26. The molecular formula is C23H25NO2. The number of aryl methyl sites for hydroxylation is 1. The van der Waals surface area contributed by atoms with Crippen LogP contribution in [0.15, 0.2) is 66.7 Å². The maximum atomic E-state index is 12.5. The molecule has 0 radical (unpaired) electrons. The molecule has 3 aromatic carbocycles. The van der Waals surface area contributed by atoms with Gasteiger partial charge in [-0.05, 0) is 53.8 Å². The van der Waals surface area contributed by atoms with Gasteiger partial charge in [-0.15, -0.1) is 0 Å². The van der Waals surface area contributed by atoms with E-state index in [4.69, 9.17) is 4.74 Å². The van der Waals surface area contributed by atoms with Crippen LogP contribution in [0.3, 0.4) is 0 Å². The van der Waals surface area contributed by atoms with Crippen LogP contribution in [0.5, 0.6) is 5.75 Å². The molecule has 3 nitrogen and oxygen atoms in total. The zero-order valence-corrected chi connectivity index (χ0v) is 15.4. The molecule has 0 saturated carbocycles. The van der Waals surface area contributed by atoms with Gasteiger partial charge < -0.3 is 10.1 Å². The number of fused-ring (bicyclic) bond motifs is 1. The van der Waals surface area contributed by atoms with E-state index in [1.807, 2.05) is 55.5 Å². The molecule has 0 aliphatic carbocycles. The quantitative estimate of drug-likeness (QED) is 0.629. The van der Waals surface area contributed by atoms with Gasteiger partial charge in [0.15, 0.2) is 0 Å². The van der Waals surface area contributed by atoms with Gasteiger partial charge in [-0.2, -0.15) is 0 Å². The van der Waals surface area contributed by atoms with Gasteiger partial charge >= 0.3 is 0 Å². The number of nitrogens with one attached hydrogen (secondary N) is 1. The predicted molar refractivity (Wildman–Crippen MR) is 107 cm³/mol. The molecule has 1 amide bonds. The first-order chi connectivity index (χ1) is 12.7. The van der Waals surface area contributed by atoms with Gasteiger partial charge in [0.05, 0.1) is 13.0 Å². The summed E-state index contributed by atoms with van der Waals surface area (Å²) >= 11 is 0. The molecule has 0 spiro atoms. The van der Waals surface area contributed by atoms with Crippen LogP contribution in [0.4, 0.5) is 0 Å². The van der Waals surface area contributed by atoms with Crippen LogP contribution in [0, 0.1) is 0 Å². The van der Waals surface area contributed by atoms with Crippen molar-refractivity contribution in [3.05, 3.63) is 77.9 Å². The Balaban J connectivity index is 1.56. The minimum absolute atomic E-state index is 0.0749. The van der Waals surface area contributed by atoms with Gasteiger partial charge in [0.2, 0.25) is 5.91 Å². The number of amides is 1. The molecule has 0 aromatic heterocycles. The summed E-state index contributed by atoms with van der Waals surface area (Å²) in [6, 6.07) is 22.5. The third-order valence-electron chi connectivity index (χ3n) is 4.75. The van der Waals surface area contributed by atoms with Crippen LogP contribution >= 0.6 is 0 Å². The van der Waals surface area contributed by atoms with Crippen LogP contribution in [0.2, 0.25) is 0 Å². The topological polar surface area (TPSA) is 38.3 Å². The fourth-order valence-corrected chi connectivity index (χ4v) is 3.09. The lowest BCUT2D eigenvalue weighted by atomic mass is 9.97. The Labute approximate surface area is 155 Å². The van der Waals surface area contributed by atoms with E-state index in [9.17, 15) is 4.79 Å². The van der Waals surface area contributed by atoms with Crippen molar-refractivity contribution >= 4 is 16.7 Å². The van der Waals surface area contributed by atoms with E-state index in [0.717, 1.165) is 34.9 Å². The number of hydrogen-bond donors (Lipinski definition) is 1. The average Bonchev–Trinajstić information content (AvgIpc) is 2.70. The average molecular weight is 347 g/mol. The molecule has 3 rings (SSSR count). The smallest absolute Gasteiger partial charge is 0.227 e.